The van der Waals surface area contributed by atoms with Crippen molar-refractivity contribution in [2.24, 2.45) is 0 Å². The van der Waals surface area contributed by atoms with Crippen molar-refractivity contribution < 1.29 is 0 Å². The largest absolute Gasteiger partial charge is 0.0882 e. The van der Waals surface area contributed by atoms with Crippen LogP contribution in [-0.4, -0.2) is 0 Å². The van der Waals surface area contributed by atoms with Crippen LogP contribution in [0.1, 0.15) is 65.2 Å². The Labute approximate surface area is 84.4 Å². The average molecular weight is 181 g/mol. The summed E-state index contributed by atoms with van der Waals surface area (Å²) in [6, 6.07) is 0. The third kappa shape index (κ3) is 11.7. The lowest BCUT2D eigenvalue weighted by Gasteiger charge is -1.98. The molecule has 0 aliphatic carbocycles. The summed E-state index contributed by atoms with van der Waals surface area (Å²) in [6.07, 6.45) is 17.7. The number of rotatable bonds is 9. The fourth-order valence-corrected chi connectivity index (χ4v) is 1.45. The van der Waals surface area contributed by atoms with Crippen LogP contribution in [0.5, 0.6) is 0 Å². The van der Waals surface area contributed by atoms with E-state index in [1.807, 2.05) is 0 Å². The van der Waals surface area contributed by atoms with Crippen LogP contribution in [-0.2, 0) is 0 Å². The predicted octanol–water partition coefficient (Wildman–Crippen LogP) is 4.91. The van der Waals surface area contributed by atoms with Crippen LogP contribution in [0.4, 0.5) is 0 Å². The van der Waals surface area contributed by atoms with Crippen molar-refractivity contribution >= 4 is 0 Å². The van der Waals surface area contributed by atoms with Crippen LogP contribution < -0.4 is 0 Å². The lowest BCUT2D eigenvalue weighted by molar-refractivity contribution is 0.592. The summed E-state index contributed by atoms with van der Waals surface area (Å²) in [5.41, 5.74) is 0. The first-order valence-corrected chi connectivity index (χ1v) is 5.86. The molecule has 0 fully saturated rings. The maximum Gasteiger partial charge on any atom is -0.0202 e. The highest BCUT2D eigenvalue weighted by Crippen LogP contribution is 2.08. The fourth-order valence-electron chi connectivity index (χ4n) is 1.45. The Morgan fingerprint density at radius 1 is 0.846 bits per heavy atom. The topological polar surface area (TPSA) is 0 Å². The van der Waals surface area contributed by atoms with Gasteiger partial charge in [0.15, 0.2) is 0 Å². The summed E-state index contributed by atoms with van der Waals surface area (Å²) in [4.78, 5) is 0. The fraction of sp³-hybridized carbons (Fsp3) is 0.769. The second kappa shape index (κ2) is 11.7. The van der Waals surface area contributed by atoms with E-state index < -0.39 is 0 Å². The highest BCUT2D eigenvalue weighted by Gasteiger charge is 1.88. The molecular formula is C13H25. The Bertz CT molecular complexity index is 103. The standard InChI is InChI=1S/C13H25/c1-3-5-7-9-11-13-12-10-8-6-4-2/h3,5,7H,4,6,8-13H2,1-2H3. The summed E-state index contributed by atoms with van der Waals surface area (Å²) in [5, 5.41) is 0. The first-order valence-electron chi connectivity index (χ1n) is 5.86. The molecule has 0 aromatic rings. The second-order valence-corrected chi connectivity index (χ2v) is 3.67. The maximum absolute atomic E-state index is 2.27. The van der Waals surface area contributed by atoms with Crippen molar-refractivity contribution in [3.8, 4) is 0 Å². The highest BCUT2D eigenvalue weighted by molar-refractivity contribution is 4.91. The van der Waals surface area contributed by atoms with Gasteiger partial charge in [0.05, 0.1) is 0 Å². The quantitative estimate of drug-likeness (QED) is 0.443. The molecule has 0 saturated carbocycles. The first-order chi connectivity index (χ1) is 6.41. The van der Waals surface area contributed by atoms with Gasteiger partial charge in [-0.05, 0) is 19.3 Å². The van der Waals surface area contributed by atoms with Gasteiger partial charge in [0.2, 0.25) is 0 Å². The molecule has 0 atom stereocenters. The first kappa shape index (κ1) is 12.7. The van der Waals surface area contributed by atoms with E-state index in [1.54, 1.807) is 0 Å². The predicted molar refractivity (Wildman–Crippen MR) is 61.7 cm³/mol. The van der Waals surface area contributed by atoms with Crippen LogP contribution in [0.2, 0.25) is 0 Å². The monoisotopic (exact) mass is 181 g/mol. The van der Waals surface area contributed by atoms with Gasteiger partial charge in [-0.25, -0.2) is 0 Å². The van der Waals surface area contributed by atoms with Crippen molar-refractivity contribution in [3.63, 3.8) is 0 Å². The molecule has 0 N–H and O–H groups in total. The van der Waals surface area contributed by atoms with Crippen molar-refractivity contribution in [1.82, 2.24) is 0 Å². The molecule has 0 unspecified atom stereocenters. The Hall–Kier alpha value is -0.260. The van der Waals surface area contributed by atoms with E-state index in [4.69, 9.17) is 0 Å². The van der Waals surface area contributed by atoms with E-state index in [0.29, 0.717) is 0 Å². The molecule has 0 aliphatic heterocycles. The van der Waals surface area contributed by atoms with Gasteiger partial charge in [-0.3, -0.25) is 0 Å². The van der Waals surface area contributed by atoms with E-state index in [2.05, 4.69) is 32.4 Å². The summed E-state index contributed by atoms with van der Waals surface area (Å²) in [7, 11) is 0. The zero-order valence-corrected chi connectivity index (χ0v) is 9.39. The van der Waals surface area contributed by atoms with Gasteiger partial charge >= 0.3 is 0 Å². The van der Waals surface area contributed by atoms with Crippen LogP contribution in [0.25, 0.3) is 0 Å². The van der Waals surface area contributed by atoms with Crippen molar-refractivity contribution in [2.75, 3.05) is 0 Å². The Morgan fingerprint density at radius 2 is 1.46 bits per heavy atom. The smallest absolute Gasteiger partial charge is 0.0202 e. The average Bonchev–Trinajstić information content (AvgIpc) is 2.16. The zero-order valence-electron chi connectivity index (χ0n) is 9.39. The lowest BCUT2D eigenvalue weighted by Crippen LogP contribution is -1.78. The molecule has 0 aliphatic rings. The molecule has 0 heterocycles. The summed E-state index contributed by atoms with van der Waals surface area (Å²) < 4.78 is 0. The van der Waals surface area contributed by atoms with Gasteiger partial charge in [0.25, 0.3) is 0 Å². The number of hydrogen-bond acceptors (Lipinski definition) is 0. The van der Waals surface area contributed by atoms with Gasteiger partial charge in [0, 0.05) is 0 Å². The molecule has 1 radical (unpaired) electrons. The lowest BCUT2D eigenvalue weighted by atomic mass is 10.1. The van der Waals surface area contributed by atoms with E-state index in [1.165, 1.54) is 51.4 Å². The summed E-state index contributed by atoms with van der Waals surface area (Å²) in [6.45, 7) is 4.34. The molecule has 0 nitrogen and oxygen atoms in total. The van der Waals surface area contributed by atoms with Crippen LogP contribution in [0.15, 0.2) is 12.2 Å². The maximum atomic E-state index is 2.27. The number of unbranched alkanes of at least 4 members (excludes halogenated alkanes) is 7. The van der Waals surface area contributed by atoms with Gasteiger partial charge in [-0.1, -0.05) is 64.5 Å². The van der Waals surface area contributed by atoms with Gasteiger partial charge < -0.3 is 0 Å². The Balaban J connectivity index is 2.87. The molecule has 0 spiro atoms. The Kier molecular flexibility index (Phi) is 11.5. The van der Waals surface area contributed by atoms with Crippen LogP contribution >= 0.6 is 0 Å². The SMILES string of the molecule is C[CH]C=CCCCCCCCCC. The molecule has 0 aromatic heterocycles. The molecule has 0 heteroatoms. The molecule has 0 amide bonds. The second-order valence-electron chi connectivity index (χ2n) is 3.67. The van der Waals surface area contributed by atoms with Crippen molar-refractivity contribution in [3.05, 3.63) is 18.6 Å². The van der Waals surface area contributed by atoms with E-state index in [0.717, 1.165) is 0 Å². The highest BCUT2D eigenvalue weighted by atomic mass is 13.9. The van der Waals surface area contributed by atoms with Gasteiger partial charge in [0.1, 0.15) is 0 Å². The molecule has 0 bridgehead atoms. The minimum absolute atomic E-state index is 1.26. The molecule has 13 heavy (non-hydrogen) atoms. The van der Waals surface area contributed by atoms with Gasteiger partial charge in [-0.2, -0.15) is 0 Å². The van der Waals surface area contributed by atoms with Crippen LogP contribution in [0.3, 0.4) is 0 Å². The van der Waals surface area contributed by atoms with Crippen LogP contribution in [0, 0.1) is 6.42 Å². The molecule has 77 valence electrons. The molecule has 0 aromatic carbocycles. The molecule has 0 rings (SSSR count). The minimum Gasteiger partial charge on any atom is -0.0882 e. The number of hydrogen-bond donors (Lipinski definition) is 0. The third-order valence-electron chi connectivity index (χ3n) is 2.30. The minimum atomic E-state index is 1.26. The van der Waals surface area contributed by atoms with E-state index >= 15 is 0 Å². The van der Waals surface area contributed by atoms with E-state index in [-0.39, 0.29) is 0 Å². The van der Waals surface area contributed by atoms with Crippen molar-refractivity contribution in [1.29, 1.82) is 0 Å². The summed E-state index contributed by atoms with van der Waals surface area (Å²) >= 11 is 0. The molecular weight excluding hydrogens is 156 g/mol. The van der Waals surface area contributed by atoms with E-state index in [9.17, 15) is 0 Å². The van der Waals surface area contributed by atoms with Crippen molar-refractivity contribution in [2.45, 2.75) is 65.2 Å². The Morgan fingerprint density at radius 3 is 2.08 bits per heavy atom. The normalized spacial score (nSPS) is 11.2. The molecule has 0 saturated heterocycles. The third-order valence-corrected chi connectivity index (χ3v) is 2.30. The van der Waals surface area contributed by atoms with Gasteiger partial charge in [-0.15, -0.1) is 0 Å². The zero-order chi connectivity index (χ0) is 9.78. The number of allylic oxidation sites excluding steroid dienone is 2. The summed E-state index contributed by atoms with van der Waals surface area (Å²) in [5.74, 6) is 0.